The smallest absolute Gasteiger partial charge is 0.346 e. The van der Waals surface area contributed by atoms with E-state index in [2.05, 4.69) is 16.9 Å². The van der Waals surface area contributed by atoms with Crippen LogP contribution in [0.2, 0.25) is 0 Å². The highest BCUT2D eigenvalue weighted by molar-refractivity contribution is 5.91. The zero-order valence-corrected chi connectivity index (χ0v) is 16.0. The maximum Gasteiger partial charge on any atom is 0.346 e. The highest BCUT2D eigenvalue weighted by Crippen LogP contribution is 2.23. The van der Waals surface area contributed by atoms with Crippen LogP contribution >= 0.6 is 0 Å². The Hall–Kier alpha value is -3.73. The van der Waals surface area contributed by atoms with Gasteiger partial charge in [0.05, 0.1) is 5.56 Å². The number of carbonyl (C=O) groups is 1. The number of carbonyl (C=O) groups excluding carboxylic acids is 1. The SMILES string of the molecule is CCCCc1cnc(-c2ccc(C(=O)Oc3cc(F)c(C#N)c(F)c3)c(F)c2)nc1. The highest BCUT2D eigenvalue weighted by atomic mass is 19.1. The number of benzene rings is 2. The van der Waals surface area contributed by atoms with E-state index in [1.54, 1.807) is 12.4 Å². The van der Waals surface area contributed by atoms with E-state index in [1.807, 2.05) is 0 Å². The minimum atomic E-state index is -1.18. The summed E-state index contributed by atoms with van der Waals surface area (Å²) in [4.78, 5) is 20.6. The molecule has 0 radical (unpaired) electrons. The Morgan fingerprint density at radius 3 is 2.30 bits per heavy atom. The van der Waals surface area contributed by atoms with Gasteiger partial charge in [0.1, 0.15) is 34.8 Å². The fourth-order valence-corrected chi connectivity index (χ4v) is 2.71. The van der Waals surface area contributed by atoms with Crippen molar-refractivity contribution in [3.63, 3.8) is 0 Å². The Labute approximate surface area is 170 Å². The van der Waals surface area contributed by atoms with Crippen LogP contribution in [0.4, 0.5) is 13.2 Å². The van der Waals surface area contributed by atoms with Crippen LogP contribution in [0.3, 0.4) is 0 Å². The van der Waals surface area contributed by atoms with Gasteiger partial charge in [-0.25, -0.2) is 27.9 Å². The molecule has 152 valence electrons. The molecule has 3 aromatic rings. The van der Waals surface area contributed by atoms with Crippen LogP contribution in [-0.2, 0) is 6.42 Å². The lowest BCUT2D eigenvalue weighted by molar-refractivity contribution is 0.0729. The third kappa shape index (κ3) is 4.63. The minimum absolute atomic E-state index is 0.297. The van der Waals surface area contributed by atoms with Gasteiger partial charge in [0.15, 0.2) is 5.82 Å². The quantitative estimate of drug-likeness (QED) is 0.422. The molecule has 0 fully saturated rings. The second-order valence-corrected chi connectivity index (χ2v) is 6.48. The van der Waals surface area contributed by atoms with Crippen molar-refractivity contribution < 1.29 is 22.7 Å². The van der Waals surface area contributed by atoms with Crippen LogP contribution in [0.25, 0.3) is 11.4 Å². The molecule has 0 aliphatic carbocycles. The zero-order valence-electron chi connectivity index (χ0n) is 16.0. The van der Waals surface area contributed by atoms with Crippen LogP contribution in [0.1, 0.15) is 41.3 Å². The lowest BCUT2D eigenvalue weighted by Gasteiger charge is -2.08. The molecular formula is C22H16F3N3O2. The van der Waals surface area contributed by atoms with Gasteiger partial charge >= 0.3 is 5.97 Å². The minimum Gasteiger partial charge on any atom is -0.423 e. The molecule has 3 rings (SSSR count). The Kier molecular flexibility index (Phi) is 6.42. The number of rotatable bonds is 6. The predicted octanol–water partition coefficient (Wildman–Crippen LogP) is 4.99. The number of unbranched alkanes of at least 4 members (excludes halogenated alkanes) is 1. The Balaban J connectivity index is 1.78. The summed E-state index contributed by atoms with van der Waals surface area (Å²) < 4.78 is 46.6. The third-order valence-corrected chi connectivity index (χ3v) is 4.31. The molecule has 0 aliphatic heterocycles. The predicted molar refractivity (Wildman–Crippen MR) is 102 cm³/mol. The van der Waals surface area contributed by atoms with Crippen LogP contribution in [0.15, 0.2) is 42.7 Å². The fraction of sp³-hybridized carbons (Fsp3) is 0.182. The topological polar surface area (TPSA) is 75.9 Å². The van der Waals surface area contributed by atoms with E-state index in [9.17, 15) is 18.0 Å². The Bertz CT molecular complexity index is 1100. The number of ether oxygens (including phenoxy) is 1. The molecule has 1 heterocycles. The van der Waals surface area contributed by atoms with Gasteiger partial charge in [-0.3, -0.25) is 0 Å². The Morgan fingerprint density at radius 1 is 1.07 bits per heavy atom. The number of esters is 1. The summed E-state index contributed by atoms with van der Waals surface area (Å²) in [5.41, 5.74) is 0.110. The first-order valence-corrected chi connectivity index (χ1v) is 9.15. The number of nitrogens with zero attached hydrogens (tertiary/aromatic N) is 3. The fourth-order valence-electron chi connectivity index (χ4n) is 2.71. The van der Waals surface area contributed by atoms with Crippen molar-refractivity contribution in [1.29, 1.82) is 5.26 Å². The molecule has 0 atom stereocenters. The van der Waals surface area contributed by atoms with Gasteiger partial charge in [0.25, 0.3) is 0 Å². The van der Waals surface area contributed by atoms with Gasteiger partial charge in [0, 0.05) is 30.1 Å². The maximum atomic E-state index is 14.5. The summed E-state index contributed by atoms with van der Waals surface area (Å²) in [6, 6.07) is 6.42. The van der Waals surface area contributed by atoms with Crippen LogP contribution in [-0.4, -0.2) is 15.9 Å². The van der Waals surface area contributed by atoms with Gasteiger partial charge in [-0.2, -0.15) is 5.26 Å². The van der Waals surface area contributed by atoms with E-state index >= 15 is 0 Å². The van der Waals surface area contributed by atoms with Gasteiger partial charge in [0.2, 0.25) is 0 Å². The van der Waals surface area contributed by atoms with Gasteiger partial charge in [-0.05, 0) is 30.5 Å². The van der Waals surface area contributed by atoms with E-state index in [4.69, 9.17) is 10.00 Å². The maximum absolute atomic E-state index is 14.5. The molecule has 0 saturated heterocycles. The molecule has 0 N–H and O–H groups in total. The molecule has 0 amide bonds. The number of aryl methyl sites for hydroxylation is 1. The van der Waals surface area contributed by atoms with Gasteiger partial charge < -0.3 is 4.74 Å². The van der Waals surface area contributed by atoms with E-state index in [0.29, 0.717) is 23.5 Å². The molecule has 0 saturated carbocycles. The summed E-state index contributed by atoms with van der Waals surface area (Å²) >= 11 is 0. The summed E-state index contributed by atoms with van der Waals surface area (Å²) in [5, 5.41) is 8.66. The summed E-state index contributed by atoms with van der Waals surface area (Å²) in [6.45, 7) is 2.08. The van der Waals surface area contributed by atoms with Crippen LogP contribution in [0.5, 0.6) is 5.75 Å². The first-order chi connectivity index (χ1) is 14.4. The molecule has 0 bridgehead atoms. The van der Waals surface area contributed by atoms with Gasteiger partial charge in [-0.1, -0.05) is 19.4 Å². The summed E-state index contributed by atoms with van der Waals surface area (Å²) in [6.07, 6.45) is 6.26. The molecule has 5 nitrogen and oxygen atoms in total. The summed E-state index contributed by atoms with van der Waals surface area (Å²) in [7, 11) is 0. The van der Waals surface area contributed by atoms with Crippen molar-refractivity contribution in [2.75, 3.05) is 0 Å². The molecule has 0 unspecified atom stereocenters. The molecular weight excluding hydrogens is 395 g/mol. The van der Waals surface area contributed by atoms with E-state index < -0.39 is 40.3 Å². The second kappa shape index (κ2) is 9.18. The largest absolute Gasteiger partial charge is 0.423 e. The number of hydrogen-bond acceptors (Lipinski definition) is 5. The lowest BCUT2D eigenvalue weighted by atomic mass is 10.1. The molecule has 30 heavy (non-hydrogen) atoms. The van der Waals surface area contributed by atoms with E-state index in [1.165, 1.54) is 18.2 Å². The lowest BCUT2D eigenvalue weighted by Crippen LogP contribution is -2.11. The average Bonchev–Trinajstić information content (AvgIpc) is 2.72. The van der Waals surface area contributed by atoms with Crippen molar-refractivity contribution in [2.24, 2.45) is 0 Å². The average molecular weight is 411 g/mol. The molecule has 2 aromatic carbocycles. The van der Waals surface area contributed by atoms with Crippen LogP contribution in [0, 0.1) is 28.8 Å². The molecule has 1 aromatic heterocycles. The molecule has 0 aliphatic rings. The van der Waals surface area contributed by atoms with Crippen molar-refractivity contribution in [3.8, 4) is 23.2 Å². The number of nitriles is 1. The Morgan fingerprint density at radius 2 is 1.73 bits per heavy atom. The number of aromatic nitrogens is 2. The first kappa shape index (κ1) is 21.0. The highest BCUT2D eigenvalue weighted by Gasteiger charge is 2.18. The first-order valence-electron chi connectivity index (χ1n) is 9.15. The second-order valence-electron chi connectivity index (χ2n) is 6.48. The standard InChI is InChI=1S/C22H16F3N3O2/c1-2-3-4-13-11-27-21(28-12-13)14-5-6-16(18(23)7-14)22(29)30-15-8-19(24)17(10-26)20(25)9-15/h5-9,11-12H,2-4H2,1H3. The number of halogens is 3. The van der Waals surface area contributed by atoms with Gasteiger partial charge in [-0.15, -0.1) is 0 Å². The van der Waals surface area contributed by atoms with Crippen LogP contribution < -0.4 is 4.74 Å². The van der Waals surface area contributed by atoms with Crippen molar-refractivity contribution in [2.45, 2.75) is 26.2 Å². The third-order valence-electron chi connectivity index (χ3n) is 4.31. The van der Waals surface area contributed by atoms with E-state index in [-0.39, 0.29) is 0 Å². The molecule has 8 heteroatoms. The zero-order chi connectivity index (χ0) is 21.7. The molecule has 0 spiro atoms. The van der Waals surface area contributed by atoms with E-state index in [0.717, 1.165) is 30.9 Å². The monoisotopic (exact) mass is 411 g/mol. The van der Waals surface area contributed by atoms with Crippen molar-refractivity contribution in [1.82, 2.24) is 9.97 Å². The van der Waals surface area contributed by atoms with Crippen molar-refractivity contribution in [3.05, 3.63) is 76.9 Å². The normalized spacial score (nSPS) is 10.5. The van der Waals surface area contributed by atoms with Crippen molar-refractivity contribution >= 4 is 5.97 Å². The summed E-state index contributed by atoms with van der Waals surface area (Å²) in [5.74, 6) is -4.59. The number of hydrogen-bond donors (Lipinski definition) is 0.